The summed E-state index contributed by atoms with van der Waals surface area (Å²) in [6, 6.07) is 15.3. The van der Waals surface area contributed by atoms with Crippen molar-refractivity contribution in [3.05, 3.63) is 94.0 Å². The molecule has 0 bridgehead atoms. The van der Waals surface area contributed by atoms with Gasteiger partial charge in [-0.1, -0.05) is 12.1 Å². The van der Waals surface area contributed by atoms with E-state index in [9.17, 15) is 19.3 Å². The lowest BCUT2D eigenvalue weighted by atomic mass is 10.1. The Morgan fingerprint density at radius 1 is 1.15 bits per heavy atom. The Balaban J connectivity index is 1.64. The predicted molar refractivity (Wildman–Crippen MR) is 98.3 cm³/mol. The topological polar surface area (TPSA) is 89.5 Å². The second kappa shape index (κ2) is 8.05. The van der Waals surface area contributed by atoms with E-state index < -0.39 is 4.92 Å². The number of hydrogen-bond acceptors (Lipinski definition) is 4. The minimum atomic E-state index is -0.460. The van der Waals surface area contributed by atoms with Gasteiger partial charge in [0.05, 0.1) is 23.3 Å². The van der Waals surface area contributed by atoms with Crippen LogP contribution in [0.4, 0.5) is 10.1 Å². The van der Waals surface area contributed by atoms with Gasteiger partial charge in [-0.3, -0.25) is 14.9 Å². The van der Waals surface area contributed by atoms with Crippen LogP contribution in [0.1, 0.15) is 11.3 Å². The largest absolute Gasteiger partial charge is 0.316 e. The quantitative estimate of drug-likeness (QED) is 0.413. The number of amides is 1. The molecule has 0 aliphatic carbocycles. The van der Waals surface area contributed by atoms with E-state index in [4.69, 9.17) is 0 Å². The van der Waals surface area contributed by atoms with Gasteiger partial charge in [-0.15, -0.1) is 0 Å². The molecular weight excluding hydrogens is 351 g/mol. The molecule has 0 saturated heterocycles. The van der Waals surface area contributed by atoms with Crippen molar-refractivity contribution >= 4 is 17.8 Å². The van der Waals surface area contributed by atoms with Crippen LogP contribution in [0.2, 0.25) is 0 Å². The Labute approximate surface area is 153 Å². The molecular formula is C19H15FN4O3. The summed E-state index contributed by atoms with van der Waals surface area (Å²) in [5.41, 5.74) is 4.52. The van der Waals surface area contributed by atoms with Crippen LogP contribution in [0.25, 0.3) is 5.69 Å². The minimum Gasteiger partial charge on any atom is -0.316 e. The van der Waals surface area contributed by atoms with Crippen LogP contribution in [0, 0.1) is 15.9 Å². The molecule has 0 spiro atoms. The number of nitro groups is 1. The zero-order valence-electron chi connectivity index (χ0n) is 14.1. The molecule has 0 unspecified atom stereocenters. The van der Waals surface area contributed by atoms with Crippen LogP contribution in [0.3, 0.4) is 0 Å². The van der Waals surface area contributed by atoms with Gasteiger partial charge in [0.1, 0.15) is 5.82 Å². The lowest BCUT2D eigenvalue weighted by Gasteiger charge is -2.06. The van der Waals surface area contributed by atoms with E-state index in [0.717, 1.165) is 5.69 Å². The molecule has 3 aromatic rings. The summed E-state index contributed by atoms with van der Waals surface area (Å²) >= 11 is 0. The van der Waals surface area contributed by atoms with Gasteiger partial charge >= 0.3 is 0 Å². The summed E-state index contributed by atoms with van der Waals surface area (Å²) in [5.74, 6) is -0.685. The van der Waals surface area contributed by atoms with Gasteiger partial charge in [-0.05, 0) is 42.0 Å². The fourth-order valence-corrected chi connectivity index (χ4v) is 2.47. The zero-order valence-corrected chi connectivity index (χ0v) is 14.1. The second-order valence-electron chi connectivity index (χ2n) is 5.67. The van der Waals surface area contributed by atoms with Crippen molar-refractivity contribution in [2.24, 2.45) is 5.10 Å². The van der Waals surface area contributed by atoms with Crippen LogP contribution in [0.15, 0.2) is 72.0 Å². The lowest BCUT2D eigenvalue weighted by molar-refractivity contribution is -0.384. The number of rotatable bonds is 6. The number of nitrogens with one attached hydrogen (secondary N) is 1. The Morgan fingerprint density at radius 3 is 2.52 bits per heavy atom. The third-order valence-electron chi connectivity index (χ3n) is 3.78. The van der Waals surface area contributed by atoms with E-state index in [-0.39, 0.29) is 23.8 Å². The van der Waals surface area contributed by atoms with Crippen molar-refractivity contribution in [2.45, 2.75) is 6.42 Å². The van der Waals surface area contributed by atoms with Crippen molar-refractivity contribution < 1.29 is 14.1 Å². The predicted octanol–water partition coefficient (Wildman–Crippen LogP) is 3.22. The Morgan fingerprint density at radius 2 is 1.85 bits per heavy atom. The average molecular weight is 366 g/mol. The highest BCUT2D eigenvalue weighted by molar-refractivity contribution is 5.82. The smallest absolute Gasteiger partial charge is 0.269 e. The monoisotopic (exact) mass is 366 g/mol. The maximum absolute atomic E-state index is 12.9. The number of hydrogen-bond donors (Lipinski definition) is 1. The fraction of sp³-hybridized carbons (Fsp3) is 0.0526. The van der Waals surface area contributed by atoms with Gasteiger partial charge in [-0.25, -0.2) is 9.82 Å². The number of aromatic nitrogens is 1. The van der Waals surface area contributed by atoms with E-state index in [1.165, 1.54) is 30.5 Å². The average Bonchev–Trinajstić information content (AvgIpc) is 3.12. The third kappa shape index (κ3) is 4.63. The summed E-state index contributed by atoms with van der Waals surface area (Å²) in [7, 11) is 0. The molecule has 1 aromatic heterocycles. The molecule has 1 N–H and O–H groups in total. The normalized spacial score (nSPS) is 10.9. The zero-order chi connectivity index (χ0) is 19.2. The first-order valence-corrected chi connectivity index (χ1v) is 8.01. The summed E-state index contributed by atoms with van der Waals surface area (Å²) in [4.78, 5) is 22.2. The van der Waals surface area contributed by atoms with Crippen LogP contribution in [0.5, 0.6) is 0 Å². The fourth-order valence-electron chi connectivity index (χ4n) is 2.47. The first kappa shape index (κ1) is 18.0. The Hall–Kier alpha value is -3.81. The lowest BCUT2D eigenvalue weighted by Crippen LogP contribution is -2.20. The molecule has 27 heavy (non-hydrogen) atoms. The van der Waals surface area contributed by atoms with E-state index in [0.29, 0.717) is 11.3 Å². The molecule has 2 aromatic carbocycles. The molecule has 0 atom stereocenters. The number of benzene rings is 2. The standard InChI is InChI=1S/C19H15FN4O3/c20-15-5-3-14(4-6-15)12-19(25)22-21-13-18-2-1-11-23(18)16-7-9-17(10-8-16)24(26)27/h1-11,13H,12H2,(H,22,25)/b21-13+. The van der Waals surface area contributed by atoms with Gasteiger partial charge < -0.3 is 4.57 Å². The van der Waals surface area contributed by atoms with Crippen molar-refractivity contribution in [1.29, 1.82) is 0 Å². The van der Waals surface area contributed by atoms with Crippen LogP contribution in [-0.4, -0.2) is 21.6 Å². The van der Waals surface area contributed by atoms with Gasteiger partial charge in [-0.2, -0.15) is 5.10 Å². The molecule has 0 fully saturated rings. The van der Waals surface area contributed by atoms with Crippen molar-refractivity contribution in [3.63, 3.8) is 0 Å². The third-order valence-corrected chi connectivity index (χ3v) is 3.78. The molecule has 1 heterocycles. The Bertz CT molecular complexity index is 979. The number of nitrogens with zero attached hydrogens (tertiary/aromatic N) is 3. The molecule has 3 rings (SSSR count). The van der Waals surface area contributed by atoms with Gasteiger partial charge in [0, 0.05) is 24.0 Å². The van der Waals surface area contributed by atoms with E-state index in [1.54, 1.807) is 47.2 Å². The first-order chi connectivity index (χ1) is 13.0. The molecule has 0 aliphatic heterocycles. The summed E-state index contributed by atoms with van der Waals surface area (Å²) in [6.45, 7) is 0. The minimum absolute atomic E-state index is 0.00850. The number of nitro benzene ring substituents is 1. The maximum atomic E-state index is 12.9. The molecule has 136 valence electrons. The summed E-state index contributed by atoms with van der Waals surface area (Å²) < 4.78 is 14.6. The summed E-state index contributed by atoms with van der Waals surface area (Å²) in [5, 5.41) is 14.7. The highest BCUT2D eigenvalue weighted by Gasteiger charge is 2.07. The highest BCUT2D eigenvalue weighted by atomic mass is 19.1. The molecule has 0 radical (unpaired) electrons. The molecule has 8 heteroatoms. The van der Waals surface area contributed by atoms with Gasteiger partial charge in [0.2, 0.25) is 5.91 Å². The van der Waals surface area contributed by atoms with Crippen LogP contribution >= 0.6 is 0 Å². The van der Waals surface area contributed by atoms with Crippen LogP contribution in [-0.2, 0) is 11.2 Å². The first-order valence-electron chi connectivity index (χ1n) is 8.01. The van der Waals surface area contributed by atoms with Gasteiger partial charge in [0.15, 0.2) is 0 Å². The second-order valence-corrected chi connectivity index (χ2v) is 5.67. The number of halogens is 1. The van der Waals surface area contributed by atoms with Gasteiger partial charge in [0.25, 0.3) is 5.69 Å². The van der Waals surface area contributed by atoms with E-state index in [2.05, 4.69) is 10.5 Å². The molecule has 0 saturated carbocycles. The van der Waals surface area contributed by atoms with E-state index in [1.807, 2.05) is 0 Å². The van der Waals surface area contributed by atoms with Crippen LogP contribution < -0.4 is 5.43 Å². The Kier molecular flexibility index (Phi) is 5.36. The number of hydrazone groups is 1. The number of carbonyl (C=O) groups excluding carboxylic acids is 1. The molecule has 0 aliphatic rings. The SMILES string of the molecule is O=C(Cc1ccc(F)cc1)N/N=C/c1cccn1-c1ccc([N+](=O)[O-])cc1. The maximum Gasteiger partial charge on any atom is 0.269 e. The van der Waals surface area contributed by atoms with E-state index >= 15 is 0 Å². The highest BCUT2D eigenvalue weighted by Crippen LogP contribution is 2.16. The molecule has 1 amide bonds. The van der Waals surface area contributed by atoms with Crippen molar-refractivity contribution in [1.82, 2.24) is 9.99 Å². The van der Waals surface area contributed by atoms with Crippen molar-refractivity contribution in [2.75, 3.05) is 0 Å². The molecule has 7 nitrogen and oxygen atoms in total. The number of non-ortho nitro benzene ring substituents is 1. The van der Waals surface area contributed by atoms with Crippen molar-refractivity contribution in [3.8, 4) is 5.69 Å². The summed E-state index contributed by atoms with van der Waals surface area (Å²) in [6.07, 6.45) is 3.34. The number of carbonyl (C=O) groups is 1.